The highest BCUT2D eigenvalue weighted by atomic mass is 19.4. The van der Waals surface area contributed by atoms with Crippen LogP contribution >= 0.6 is 0 Å². The average molecular weight is 405 g/mol. The Morgan fingerprint density at radius 2 is 1.97 bits per heavy atom. The number of pyridine rings is 1. The standard InChI is InChI=1S/C21H22F3N3O2/c1-13(2)17-11-26(16-7-8-19(25-10-16)21(22,23)24)20(29)27(17)12-18(28)15-6-4-5-14(3)9-15/h4-10,13,17H,11-12H2,1-3H3/t17-/m1/s1. The van der Waals surface area contributed by atoms with Crippen molar-refractivity contribution in [3.63, 3.8) is 0 Å². The largest absolute Gasteiger partial charge is 0.433 e. The van der Waals surface area contributed by atoms with Gasteiger partial charge >= 0.3 is 12.2 Å². The highest BCUT2D eigenvalue weighted by Gasteiger charge is 2.41. The number of aryl methyl sites for hydroxylation is 1. The molecule has 3 rings (SSSR count). The second-order valence-electron chi connectivity index (χ2n) is 7.52. The minimum atomic E-state index is -4.54. The van der Waals surface area contributed by atoms with E-state index >= 15 is 0 Å². The number of carbonyl (C=O) groups is 2. The Labute approximate surface area is 167 Å². The summed E-state index contributed by atoms with van der Waals surface area (Å²) in [5.74, 6) is -0.114. The van der Waals surface area contributed by atoms with E-state index in [1.54, 1.807) is 18.2 Å². The SMILES string of the molecule is Cc1cccc(C(=O)CN2C(=O)N(c3ccc(C(F)(F)F)nc3)C[C@@H]2C(C)C)c1. The first-order valence-electron chi connectivity index (χ1n) is 9.29. The summed E-state index contributed by atoms with van der Waals surface area (Å²) in [6.07, 6.45) is -3.50. The first kappa shape index (κ1) is 20.8. The maximum atomic E-state index is 13.0. The van der Waals surface area contributed by atoms with Gasteiger partial charge in [0.05, 0.1) is 24.5 Å². The molecule has 0 unspecified atom stereocenters. The van der Waals surface area contributed by atoms with Gasteiger partial charge in [-0.25, -0.2) is 9.78 Å². The van der Waals surface area contributed by atoms with E-state index in [9.17, 15) is 22.8 Å². The molecule has 1 fully saturated rings. The Hall–Kier alpha value is -2.90. The average Bonchev–Trinajstić information content (AvgIpc) is 2.98. The van der Waals surface area contributed by atoms with E-state index in [0.29, 0.717) is 5.56 Å². The van der Waals surface area contributed by atoms with Gasteiger partial charge in [-0.2, -0.15) is 13.2 Å². The molecule has 0 saturated carbocycles. The maximum absolute atomic E-state index is 13.0. The number of halogens is 3. The fraction of sp³-hybridized carbons (Fsp3) is 0.381. The Balaban J connectivity index is 1.83. The zero-order valence-electron chi connectivity index (χ0n) is 16.4. The van der Waals surface area contributed by atoms with Gasteiger partial charge in [-0.15, -0.1) is 0 Å². The van der Waals surface area contributed by atoms with Crippen LogP contribution in [-0.4, -0.2) is 40.8 Å². The molecule has 1 aliphatic rings. The van der Waals surface area contributed by atoms with E-state index in [1.807, 2.05) is 26.8 Å². The number of aromatic nitrogens is 1. The second kappa shape index (κ2) is 7.85. The normalized spacial score (nSPS) is 17.3. The first-order valence-corrected chi connectivity index (χ1v) is 9.29. The van der Waals surface area contributed by atoms with Gasteiger partial charge in [0, 0.05) is 12.1 Å². The summed E-state index contributed by atoms with van der Waals surface area (Å²) in [6, 6.07) is 8.58. The number of Topliss-reactive ketones (excluding diaryl/α,β-unsaturated/α-hetero) is 1. The van der Waals surface area contributed by atoms with Gasteiger partial charge in [0.2, 0.25) is 0 Å². The maximum Gasteiger partial charge on any atom is 0.433 e. The lowest BCUT2D eigenvalue weighted by atomic mass is 10.0. The number of rotatable bonds is 5. The minimum Gasteiger partial charge on any atom is -0.312 e. The van der Waals surface area contributed by atoms with Crippen molar-refractivity contribution in [3.05, 3.63) is 59.4 Å². The van der Waals surface area contributed by atoms with Gasteiger partial charge in [0.1, 0.15) is 5.69 Å². The van der Waals surface area contributed by atoms with Crippen LogP contribution in [0.1, 0.15) is 35.5 Å². The van der Waals surface area contributed by atoms with Crippen LogP contribution in [0.15, 0.2) is 42.6 Å². The van der Waals surface area contributed by atoms with Crippen molar-refractivity contribution in [1.29, 1.82) is 0 Å². The highest BCUT2D eigenvalue weighted by molar-refractivity contribution is 6.02. The first-order chi connectivity index (χ1) is 13.6. The van der Waals surface area contributed by atoms with E-state index in [0.717, 1.165) is 17.8 Å². The predicted molar refractivity (Wildman–Crippen MR) is 103 cm³/mol. The number of alkyl halides is 3. The van der Waals surface area contributed by atoms with E-state index in [2.05, 4.69) is 4.98 Å². The Kier molecular flexibility index (Phi) is 5.64. The minimum absolute atomic E-state index is 0.0664. The molecule has 0 radical (unpaired) electrons. The molecule has 2 amide bonds. The molecule has 2 heterocycles. The van der Waals surface area contributed by atoms with Gasteiger partial charge in [0.15, 0.2) is 5.78 Å². The molecule has 1 aliphatic heterocycles. The molecule has 0 spiro atoms. The fourth-order valence-corrected chi connectivity index (χ4v) is 3.41. The number of hydrogen-bond acceptors (Lipinski definition) is 3. The van der Waals surface area contributed by atoms with Gasteiger partial charge in [-0.05, 0) is 31.0 Å². The fourth-order valence-electron chi connectivity index (χ4n) is 3.41. The lowest BCUT2D eigenvalue weighted by Crippen LogP contribution is -2.41. The number of urea groups is 1. The van der Waals surface area contributed by atoms with Crippen LogP contribution in [0.2, 0.25) is 0 Å². The number of nitrogens with zero attached hydrogens (tertiary/aromatic N) is 3. The van der Waals surface area contributed by atoms with Crippen molar-refractivity contribution in [2.24, 2.45) is 5.92 Å². The molecule has 2 aromatic rings. The van der Waals surface area contributed by atoms with Gasteiger partial charge in [0.25, 0.3) is 0 Å². The molecule has 0 aliphatic carbocycles. The Morgan fingerprint density at radius 1 is 1.24 bits per heavy atom. The van der Waals surface area contributed by atoms with Crippen LogP contribution in [0.3, 0.4) is 0 Å². The van der Waals surface area contributed by atoms with Crippen molar-refractivity contribution >= 4 is 17.5 Å². The number of carbonyl (C=O) groups excluding carboxylic acids is 2. The molecule has 5 nitrogen and oxygen atoms in total. The van der Waals surface area contributed by atoms with Gasteiger partial charge in [-0.1, -0.05) is 37.6 Å². The second-order valence-corrected chi connectivity index (χ2v) is 7.52. The predicted octanol–water partition coefficient (Wildman–Crippen LogP) is 4.56. The van der Waals surface area contributed by atoms with Crippen LogP contribution in [0.25, 0.3) is 0 Å². The highest BCUT2D eigenvalue weighted by Crippen LogP contribution is 2.31. The summed E-state index contributed by atoms with van der Waals surface area (Å²) < 4.78 is 38.2. The zero-order chi connectivity index (χ0) is 21.3. The number of anilines is 1. The molecule has 29 heavy (non-hydrogen) atoms. The third kappa shape index (κ3) is 4.41. The number of ketones is 1. The summed E-state index contributed by atoms with van der Waals surface area (Å²) in [5, 5.41) is 0. The van der Waals surface area contributed by atoms with E-state index in [4.69, 9.17) is 0 Å². The summed E-state index contributed by atoms with van der Waals surface area (Å²) >= 11 is 0. The van der Waals surface area contributed by atoms with Crippen LogP contribution in [0, 0.1) is 12.8 Å². The number of benzene rings is 1. The third-order valence-electron chi connectivity index (χ3n) is 5.02. The zero-order valence-corrected chi connectivity index (χ0v) is 16.4. The van der Waals surface area contributed by atoms with Crippen LogP contribution < -0.4 is 4.90 Å². The molecule has 0 N–H and O–H groups in total. The van der Waals surface area contributed by atoms with Crippen molar-refractivity contribution in [3.8, 4) is 0 Å². The topological polar surface area (TPSA) is 53.5 Å². The van der Waals surface area contributed by atoms with E-state index < -0.39 is 17.9 Å². The van der Waals surface area contributed by atoms with E-state index in [-0.39, 0.29) is 36.5 Å². The van der Waals surface area contributed by atoms with Gasteiger partial charge < -0.3 is 4.90 Å². The lowest BCUT2D eigenvalue weighted by Gasteiger charge is -2.25. The molecule has 154 valence electrons. The molecular formula is C21H22F3N3O2. The van der Waals surface area contributed by atoms with Gasteiger partial charge in [-0.3, -0.25) is 9.69 Å². The summed E-state index contributed by atoms with van der Waals surface area (Å²) in [5.41, 5.74) is 0.732. The van der Waals surface area contributed by atoms with Crippen molar-refractivity contribution < 1.29 is 22.8 Å². The number of amides is 2. The van der Waals surface area contributed by atoms with Crippen LogP contribution in [0.4, 0.5) is 23.7 Å². The Morgan fingerprint density at radius 3 is 2.52 bits per heavy atom. The summed E-state index contributed by atoms with van der Waals surface area (Å²) in [6.45, 7) is 5.96. The molecule has 1 saturated heterocycles. The summed E-state index contributed by atoms with van der Waals surface area (Å²) in [7, 11) is 0. The van der Waals surface area contributed by atoms with Crippen LogP contribution in [-0.2, 0) is 6.18 Å². The molecule has 1 atom stereocenters. The summed E-state index contributed by atoms with van der Waals surface area (Å²) in [4.78, 5) is 32.0. The van der Waals surface area contributed by atoms with Crippen LogP contribution in [0.5, 0.6) is 0 Å². The smallest absolute Gasteiger partial charge is 0.312 e. The van der Waals surface area contributed by atoms with Crippen molar-refractivity contribution in [1.82, 2.24) is 9.88 Å². The quantitative estimate of drug-likeness (QED) is 0.686. The monoisotopic (exact) mass is 405 g/mol. The van der Waals surface area contributed by atoms with Crippen molar-refractivity contribution in [2.75, 3.05) is 18.0 Å². The molecular weight excluding hydrogens is 383 g/mol. The van der Waals surface area contributed by atoms with E-state index in [1.165, 1.54) is 15.9 Å². The molecule has 8 heteroatoms. The molecule has 1 aromatic carbocycles. The number of hydrogen-bond donors (Lipinski definition) is 0. The Bertz CT molecular complexity index is 910. The molecule has 0 bridgehead atoms. The van der Waals surface area contributed by atoms with Crippen molar-refractivity contribution in [2.45, 2.75) is 33.0 Å². The molecule has 1 aromatic heterocycles. The third-order valence-corrected chi connectivity index (χ3v) is 5.02. The lowest BCUT2D eigenvalue weighted by molar-refractivity contribution is -0.141.